The summed E-state index contributed by atoms with van der Waals surface area (Å²) >= 11 is 9.46. The summed E-state index contributed by atoms with van der Waals surface area (Å²) in [6.07, 6.45) is 1.59. The van der Waals surface area contributed by atoms with E-state index in [0.29, 0.717) is 16.1 Å². The van der Waals surface area contributed by atoms with Gasteiger partial charge in [0.05, 0.1) is 22.3 Å². The molecule has 0 atom stereocenters. The number of imidazole rings is 1. The maximum absolute atomic E-state index is 11.4. The van der Waals surface area contributed by atoms with Crippen LogP contribution < -0.4 is 0 Å². The first-order valence-electron chi connectivity index (χ1n) is 5.72. The third kappa shape index (κ3) is 2.09. The number of carbonyl (C=O) groups is 1. The summed E-state index contributed by atoms with van der Waals surface area (Å²) in [5.41, 5.74) is 2.11. The van der Waals surface area contributed by atoms with Gasteiger partial charge in [0.2, 0.25) is 0 Å². The zero-order valence-electron chi connectivity index (χ0n) is 10.0. The molecular weight excluding hydrogens is 344 g/mol. The van der Waals surface area contributed by atoms with E-state index in [1.807, 2.05) is 6.07 Å². The highest BCUT2D eigenvalue weighted by Gasteiger charge is 2.15. The molecule has 0 saturated heterocycles. The van der Waals surface area contributed by atoms with Gasteiger partial charge in [-0.05, 0) is 46.3 Å². The minimum Gasteiger partial charge on any atom is -0.478 e. The van der Waals surface area contributed by atoms with Crippen molar-refractivity contribution in [2.45, 2.75) is 0 Å². The molecule has 0 bridgehead atoms. The number of fused-ring (bicyclic) bond motifs is 1. The van der Waals surface area contributed by atoms with Crippen LogP contribution in [0.5, 0.6) is 0 Å². The standard InChI is InChI=1S/C14H8BrClN2O2/c15-10-5-4-8(16)6-12(10)18-7-17-11-3-1-2-9(13(11)18)14(19)20/h1-7H,(H,19,20). The lowest BCUT2D eigenvalue weighted by atomic mass is 10.2. The maximum Gasteiger partial charge on any atom is 0.337 e. The van der Waals surface area contributed by atoms with Crippen LogP contribution in [0, 0.1) is 0 Å². The van der Waals surface area contributed by atoms with Crippen LogP contribution >= 0.6 is 27.5 Å². The molecule has 0 fully saturated rings. The number of para-hydroxylation sites is 1. The second kappa shape index (κ2) is 4.92. The highest BCUT2D eigenvalue weighted by atomic mass is 79.9. The largest absolute Gasteiger partial charge is 0.478 e. The minimum absolute atomic E-state index is 0.201. The number of aromatic carboxylic acids is 1. The Morgan fingerprint density at radius 2 is 2.10 bits per heavy atom. The topological polar surface area (TPSA) is 55.1 Å². The third-order valence-electron chi connectivity index (χ3n) is 2.97. The molecule has 1 N–H and O–H groups in total. The predicted octanol–water partition coefficient (Wildman–Crippen LogP) is 4.14. The molecule has 100 valence electrons. The van der Waals surface area contributed by atoms with Crippen LogP contribution in [0.4, 0.5) is 0 Å². The van der Waals surface area contributed by atoms with E-state index in [1.165, 1.54) is 0 Å². The molecule has 0 aliphatic carbocycles. The van der Waals surface area contributed by atoms with Crippen molar-refractivity contribution in [1.82, 2.24) is 9.55 Å². The molecule has 0 amide bonds. The zero-order valence-corrected chi connectivity index (χ0v) is 12.4. The summed E-state index contributed by atoms with van der Waals surface area (Å²) in [6, 6.07) is 10.3. The number of hydrogen-bond acceptors (Lipinski definition) is 2. The number of carboxylic acid groups (broad SMARTS) is 1. The van der Waals surface area contributed by atoms with Gasteiger partial charge in [0.25, 0.3) is 0 Å². The van der Waals surface area contributed by atoms with Gasteiger partial charge in [-0.25, -0.2) is 9.78 Å². The second-order valence-corrected chi connectivity index (χ2v) is 5.48. The molecule has 3 rings (SSSR count). The van der Waals surface area contributed by atoms with Crippen LogP contribution in [-0.4, -0.2) is 20.6 Å². The third-order valence-corrected chi connectivity index (χ3v) is 3.87. The fraction of sp³-hybridized carbons (Fsp3) is 0. The lowest BCUT2D eigenvalue weighted by Gasteiger charge is -2.09. The number of carboxylic acids is 1. The lowest BCUT2D eigenvalue weighted by molar-refractivity contribution is 0.0698. The molecule has 2 aromatic carbocycles. The Hall–Kier alpha value is -1.85. The minimum atomic E-state index is -0.990. The predicted molar refractivity (Wildman–Crippen MR) is 80.7 cm³/mol. The van der Waals surface area contributed by atoms with Crippen LogP contribution in [0.2, 0.25) is 5.02 Å². The van der Waals surface area contributed by atoms with Crippen molar-refractivity contribution in [2.24, 2.45) is 0 Å². The van der Waals surface area contributed by atoms with Gasteiger partial charge < -0.3 is 5.11 Å². The Balaban J connectivity index is 2.37. The molecule has 4 nitrogen and oxygen atoms in total. The van der Waals surface area contributed by atoms with Crippen molar-refractivity contribution >= 4 is 44.5 Å². The molecule has 6 heteroatoms. The molecule has 0 aliphatic rings. The van der Waals surface area contributed by atoms with Crippen LogP contribution in [0.1, 0.15) is 10.4 Å². The lowest BCUT2D eigenvalue weighted by Crippen LogP contribution is -2.02. The summed E-state index contributed by atoms with van der Waals surface area (Å²) < 4.78 is 2.52. The van der Waals surface area contributed by atoms with Crippen LogP contribution in [0.25, 0.3) is 16.7 Å². The fourth-order valence-corrected chi connectivity index (χ4v) is 2.70. The van der Waals surface area contributed by atoms with E-state index in [4.69, 9.17) is 11.6 Å². The van der Waals surface area contributed by atoms with Gasteiger partial charge in [-0.3, -0.25) is 4.57 Å². The number of aromatic nitrogens is 2. The van der Waals surface area contributed by atoms with E-state index < -0.39 is 5.97 Å². The Morgan fingerprint density at radius 3 is 2.85 bits per heavy atom. The molecule has 0 radical (unpaired) electrons. The SMILES string of the molecule is O=C(O)c1cccc2ncn(-c3cc(Cl)ccc3Br)c12. The van der Waals surface area contributed by atoms with E-state index in [2.05, 4.69) is 20.9 Å². The van der Waals surface area contributed by atoms with Crippen LogP contribution in [0.3, 0.4) is 0 Å². The van der Waals surface area contributed by atoms with Crippen LogP contribution in [0.15, 0.2) is 47.2 Å². The van der Waals surface area contributed by atoms with E-state index in [9.17, 15) is 9.90 Å². The van der Waals surface area contributed by atoms with Crippen molar-refractivity contribution in [3.8, 4) is 5.69 Å². The van der Waals surface area contributed by atoms with Crippen molar-refractivity contribution in [2.75, 3.05) is 0 Å². The highest BCUT2D eigenvalue weighted by Crippen LogP contribution is 2.29. The summed E-state index contributed by atoms with van der Waals surface area (Å²) in [5, 5.41) is 9.89. The first-order chi connectivity index (χ1) is 9.58. The molecule has 0 saturated carbocycles. The molecule has 3 aromatic rings. The fourth-order valence-electron chi connectivity index (χ4n) is 2.09. The second-order valence-electron chi connectivity index (χ2n) is 4.19. The van der Waals surface area contributed by atoms with E-state index in [-0.39, 0.29) is 5.56 Å². The molecular formula is C14H8BrClN2O2. The molecule has 0 spiro atoms. The number of rotatable bonds is 2. The number of hydrogen-bond donors (Lipinski definition) is 1. The summed E-state index contributed by atoms with van der Waals surface area (Å²) in [4.78, 5) is 15.6. The molecule has 0 unspecified atom stereocenters. The normalized spacial score (nSPS) is 10.9. The zero-order chi connectivity index (χ0) is 14.3. The molecule has 0 aliphatic heterocycles. The van der Waals surface area contributed by atoms with Crippen molar-refractivity contribution < 1.29 is 9.90 Å². The molecule has 20 heavy (non-hydrogen) atoms. The van der Waals surface area contributed by atoms with Gasteiger partial charge >= 0.3 is 5.97 Å². The van der Waals surface area contributed by atoms with Gasteiger partial charge in [0.15, 0.2) is 0 Å². The smallest absolute Gasteiger partial charge is 0.337 e. The molecule has 1 aromatic heterocycles. The van der Waals surface area contributed by atoms with Gasteiger partial charge in [0.1, 0.15) is 6.33 Å². The number of halogens is 2. The maximum atomic E-state index is 11.4. The molecule has 1 heterocycles. The summed E-state index contributed by atoms with van der Waals surface area (Å²) in [6.45, 7) is 0. The van der Waals surface area contributed by atoms with Gasteiger partial charge in [-0.15, -0.1) is 0 Å². The van der Waals surface area contributed by atoms with Crippen molar-refractivity contribution in [3.63, 3.8) is 0 Å². The number of benzene rings is 2. The van der Waals surface area contributed by atoms with E-state index >= 15 is 0 Å². The van der Waals surface area contributed by atoms with Gasteiger partial charge in [-0.2, -0.15) is 0 Å². The number of nitrogens with zero attached hydrogens (tertiary/aromatic N) is 2. The Bertz CT molecular complexity index is 829. The Morgan fingerprint density at radius 1 is 1.30 bits per heavy atom. The Kier molecular flexibility index (Phi) is 3.23. The quantitative estimate of drug-likeness (QED) is 0.755. The van der Waals surface area contributed by atoms with Crippen molar-refractivity contribution in [1.29, 1.82) is 0 Å². The first kappa shape index (κ1) is 13.1. The van der Waals surface area contributed by atoms with E-state index in [1.54, 1.807) is 41.2 Å². The summed E-state index contributed by atoms with van der Waals surface area (Å²) in [7, 11) is 0. The summed E-state index contributed by atoms with van der Waals surface area (Å²) in [5.74, 6) is -0.990. The van der Waals surface area contributed by atoms with Crippen LogP contribution in [-0.2, 0) is 0 Å². The van der Waals surface area contributed by atoms with E-state index in [0.717, 1.165) is 10.2 Å². The van der Waals surface area contributed by atoms with Gasteiger partial charge in [0, 0.05) is 9.50 Å². The van der Waals surface area contributed by atoms with Gasteiger partial charge in [-0.1, -0.05) is 17.7 Å². The monoisotopic (exact) mass is 350 g/mol. The average molecular weight is 352 g/mol. The Labute approximate surface area is 127 Å². The highest BCUT2D eigenvalue weighted by molar-refractivity contribution is 9.10. The van der Waals surface area contributed by atoms with Crippen molar-refractivity contribution in [3.05, 3.63) is 57.8 Å². The first-order valence-corrected chi connectivity index (χ1v) is 6.90. The average Bonchev–Trinajstić information content (AvgIpc) is 2.85.